The van der Waals surface area contributed by atoms with Gasteiger partial charge in [0.05, 0.1) is 48.3 Å². The van der Waals surface area contributed by atoms with Crippen LogP contribution in [0, 0.1) is 12.7 Å². The highest BCUT2D eigenvalue weighted by atomic mass is 32.1. The lowest BCUT2D eigenvalue weighted by molar-refractivity contribution is 0.0963. The Bertz CT molecular complexity index is 905. The molecule has 4 rings (SSSR count). The molecule has 1 N–H and O–H groups in total. The average molecular weight is 405 g/mol. The number of ether oxygens (including phenoxy) is 1. The SMILES string of the molecule is Cc1nc(CN2CCN(c3ccc(N4CC(CO)OC4=O)cc3F)C=N2)cs1. The van der Waals surface area contributed by atoms with Crippen LogP contribution in [0.25, 0.3) is 0 Å². The van der Waals surface area contributed by atoms with E-state index in [0.717, 1.165) is 10.7 Å². The van der Waals surface area contributed by atoms with Crippen LogP contribution in [0.3, 0.4) is 0 Å². The van der Waals surface area contributed by atoms with Gasteiger partial charge in [-0.25, -0.2) is 14.2 Å². The normalized spacial score (nSPS) is 19.5. The molecule has 1 amide bonds. The second-order valence-corrected chi connectivity index (χ2v) is 7.67. The number of nitrogens with zero attached hydrogens (tertiary/aromatic N) is 5. The highest BCUT2D eigenvalue weighted by molar-refractivity contribution is 7.09. The summed E-state index contributed by atoms with van der Waals surface area (Å²) in [6.07, 6.45) is 0.433. The third-order valence-corrected chi connectivity index (χ3v) is 5.42. The number of anilines is 2. The fourth-order valence-electron chi connectivity index (χ4n) is 3.17. The van der Waals surface area contributed by atoms with Gasteiger partial charge < -0.3 is 14.7 Å². The quantitative estimate of drug-likeness (QED) is 0.821. The van der Waals surface area contributed by atoms with Crippen LogP contribution in [-0.2, 0) is 11.3 Å². The Morgan fingerprint density at radius 1 is 1.39 bits per heavy atom. The minimum absolute atomic E-state index is 0.199. The molecule has 1 aromatic carbocycles. The number of aliphatic hydroxyl groups excluding tert-OH is 1. The molecule has 28 heavy (non-hydrogen) atoms. The van der Waals surface area contributed by atoms with Crippen molar-refractivity contribution in [1.82, 2.24) is 9.99 Å². The maximum absolute atomic E-state index is 14.7. The largest absolute Gasteiger partial charge is 0.441 e. The monoisotopic (exact) mass is 405 g/mol. The van der Waals surface area contributed by atoms with Crippen molar-refractivity contribution in [3.8, 4) is 0 Å². The first-order valence-corrected chi connectivity index (χ1v) is 9.76. The van der Waals surface area contributed by atoms with Gasteiger partial charge in [0, 0.05) is 11.9 Å². The zero-order valence-electron chi connectivity index (χ0n) is 15.3. The summed E-state index contributed by atoms with van der Waals surface area (Å²) in [5, 5.41) is 18.4. The van der Waals surface area contributed by atoms with E-state index in [-0.39, 0.29) is 13.2 Å². The van der Waals surface area contributed by atoms with Crippen LogP contribution >= 0.6 is 11.3 Å². The van der Waals surface area contributed by atoms with E-state index in [4.69, 9.17) is 9.84 Å². The minimum atomic E-state index is -0.586. The van der Waals surface area contributed by atoms with Crippen LogP contribution < -0.4 is 9.80 Å². The Morgan fingerprint density at radius 3 is 2.86 bits per heavy atom. The molecule has 0 spiro atoms. The number of carbonyl (C=O) groups excluding carboxylic acids is 1. The number of aromatic nitrogens is 1. The molecule has 1 unspecified atom stereocenters. The molecule has 1 saturated heterocycles. The highest BCUT2D eigenvalue weighted by Crippen LogP contribution is 2.28. The van der Waals surface area contributed by atoms with Crippen molar-refractivity contribution in [2.45, 2.75) is 19.6 Å². The van der Waals surface area contributed by atoms with E-state index in [1.807, 2.05) is 17.3 Å². The van der Waals surface area contributed by atoms with Crippen molar-refractivity contribution in [2.75, 3.05) is 36.0 Å². The molecule has 3 heterocycles. The number of halogens is 1. The van der Waals surface area contributed by atoms with Gasteiger partial charge in [-0.3, -0.25) is 9.91 Å². The van der Waals surface area contributed by atoms with E-state index in [0.29, 0.717) is 31.0 Å². The Morgan fingerprint density at radius 2 is 2.25 bits per heavy atom. The number of aryl methyl sites for hydroxylation is 1. The molecule has 1 fully saturated rings. The molecule has 0 aliphatic carbocycles. The second kappa shape index (κ2) is 7.72. The van der Waals surface area contributed by atoms with Crippen molar-refractivity contribution in [2.24, 2.45) is 5.10 Å². The minimum Gasteiger partial charge on any atom is -0.441 e. The van der Waals surface area contributed by atoms with E-state index in [9.17, 15) is 9.18 Å². The molecule has 2 aromatic rings. The predicted octanol–water partition coefficient (Wildman–Crippen LogP) is 2.17. The van der Waals surface area contributed by atoms with E-state index < -0.39 is 18.0 Å². The molecule has 0 bridgehead atoms. The molecule has 0 saturated carbocycles. The topological polar surface area (TPSA) is 81.5 Å². The number of thiazole rings is 1. The number of benzene rings is 1. The van der Waals surface area contributed by atoms with Crippen molar-refractivity contribution >= 4 is 35.1 Å². The summed E-state index contributed by atoms with van der Waals surface area (Å²) in [7, 11) is 0. The highest BCUT2D eigenvalue weighted by Gasteiger charge is 2.32. The van der Waals surface area contributed by atoms with Gasteiger partial charge in [0.15, 0.2) is 0 Å². The number of hydrogen-bond acceptors (Lipinski definition) is 8. The van der Waals surface area contributed by atoms with Gasteiger partial charge in [-0.1, -0.05) is 0 Å². The number of hydrazone groups is 1. The van der Waals surface area contributed by atoms with E-state index in [1.54, 1.807) is 34.7 Å². The Balaban J connectivity index is 1.44. The first-order chi connectivity index (χ1) is 13.5. The summed E-state index contributed by atoms with van der Waals surface area (Å²) in [5.41, 5.74) is 1.77. The molecule has 1 atom stereocenters. The molecule has 0 radical (unpaired) electrons. The van der Waals surface area contributed by atoms with Gasteiger partial charge in [0.1, 0.15) is 18.3 Å². The number of aliphatic hydroxyl groups is 1. The maximum atomic E-state index is 14.7. The van der Waals surface area contributed by atoms with Crippen molar-refractivity contribution in [3.63, 3.8) is 0 Å². The van der Waals surface area contributed by atoms with Crippen molar-refractivity contribution in [3.05, 3.63) is 40.1 Å². The molecular weight excluding hydrogens is 385 g/mol. The number of cyclic esters (lactones) is 1. The third-order valence-electron chi connectivity index (χ3n) is 4.59. The van der Waals surface area contributed by atoms with Crippen molar-refractivity contribution < 1.29 is 19.0 Å². The van der Waals surface area contributed by atoms with E-state index >= 15 is 0 Å². The summed E-state index contributed by atoms with van der Waals surface area (Å²) >= 11 is 1.61. The van der Waals surface area contributed by atoms with Crippen LogP contribution in [0.5, 0.6) is 0 Å². The van der Waals surface area contributed by atoms with Crippen LogP contribution in [0.2, 0.25) is 0 Å². The summed E-state index contributed by atoms with van der Waals surface area (Å²) in [4.78, 5) is 19.3. The predicted molar refractivity (Wildman–Crippen MR) is 104 cm³/mol. The summed E-state index contributed by atoms with van der Waals surface area (Å²) < 4.78 is 19.7. The molecule has 148 valence electrons. The van der Waals surface area contributed by atoms with Gasteiger partial charge in [-0.2, -0.15) is 5.10 Å². The van der Waals surface area contributed by atoms with Gasteiger partial charge in [-0.15, -0.1) is 11.3 Å². The molecule has 10 heteroatoms. The van der Waals surface area contributed by atoms with E-state index in [2.05, 4.69) is 10.1 Å². The molecule has 2 aliphatic rings. The molecule has 1 aromatic heterocycles. The van der Waals surface area contributed by atoms with Crippen LogP contribution in [0.15, 0.2) is 28.7 Å². The Hall–Kier alpha value is -2.72. The van der Waals surface area contributed by atoms with Crippen LogP contribution in [0.4, 0.5) is 20.6 Å². The smallest absolute Gasteiger partial charge is 0.414 e. The lowest BCUT2D eigenvalue weighted by atomic mass is 10.2. The second-order valence-electron chi connectivity index (χ2n) is 6.61. The van der Waals surface area contributed by atoms with Crippen molar-refractivity contribution in [1.29, 1.82) is 0 Å². The Labute approximate surface area is 165 Å². The lowest BCUT2D eigenvalue weighted by Gasteiger charge is -2.30. The molecule has 8 nitrogen and oxygen atoms in total. The standard InChI is InChI=1S/C18H20FN5O3S/c1-12-21-13(10-28-12)7-23-5-4-22(11-20-23)17-3-2-14(6-16(17)19)24-8-15(9-25)27-18(24)26/h2-3,6,10-11,15,25H,4-5,7-9H2,1H3. The number of amides is 1. The number of hydrogen-bond donors (Lipinski definition) is 1. The van der Waals surface area contributed by atoms with Crippen LogP contribution in [-0.4, -0.2) is 59.9 Å². The fourth-order valence-corrected chi connectivity index (χ4v) is 3.77. The maximum Gasteiger partial charge on any atom is 0.414 e. The van der Waals surface area contributed by atoms with Gasteiger partial charge in [0.25, 0.3) is 0 Å². The fraction of sp³-hybridized carbons (Fsp3) is 0.389. The number of carbonyl (C=O) groups is 1. The average Bonchev–Trinajstić information content (AvgIpc) is 3.27. The summed E-state index contributed by atoms with van der Waals surface area (Å²) in [6, 6.07) is 4.59. The Kier molecular flexibility index (Phi) is 5.14. The summed E-state index contributed by atoms with van der Waals surface area (Å²) in [6.45, 7) is 3.76. The first-order valence-electron chi connectivity index (χ1n) is 8.89. The first kappa shape index (κ1) is 18.6. The zero-order chi connectivity index (χ0) is 19.7. The zero-order valence-corrected chi connectivity index (χ0v) is 16.1. The summed E-state index contributed by atoms with van der Waals surface area (Å²) in [5.74, 6) is -0.451. The van der Waals surface area contributed by atoms with E-state index in [1.165, 1.54) is 11.0 Å². The van der Waals surface area contributed by atoms with Gasteiger partial charge >= 0.3 is 6.09 Å². The van der Waals surface area contributed by atoms with Gasteiger partial charge in [-0.05, 0) is 25.1 Å². The third kappa shape index (κ3) is 3.78. The number of rotatable bonds is 5. The molecule has 2 aliphatic heterocycles. The lowest BCUT2D eigenvalue weighted by Crippen LogP contribution is -2.38. The van der Waals surface area contributed by atoms with Crippen LogP contribution in [0.1, 0.15) is 10.7 Å². The molecular formula is C18H20FN5O3S. The van der Waals surface area contributed by atoms with Gasteiger partial charge in [0.2, 0.25) is 0 Å².